The lowest BCUT2D eigenvalue weighted by atomic mass is 9.93. The first-order valence-corrected chi connectivity index (χ1v) is 22.1. The highest BCUT2D eigenvalue weighted by atomic mass is 19.4. The molecule has 0 bridgehead atoms. The van der Waals surface area contributed by atoms with Gasteiger partial charge in [-0.05, 0) is 117 Å². The quantitative estimate of drug-likeness (QED) is 0.103. The van der Waals surface area contributed by atoms with E-state index < -0.39 is 46.9 Å². The maximum absolute atomic E-state index is 14.5. The molecule has 7 aromatic rings. The molecule has 2 aliphatic rings. The van der Waals surface area contributed by atoms with Crippen molar-refractivity contribution in [2.24, 2.45) is 25.7 Å². The molecule has 2 fully saturated rings. The lowest BCUT2D eigenvalue weighted by molar-refractivity contribution is -0.138. The van der Waals surface area contributed by atoms with Crippen LogP contribution >= 0.6 is 0 Å². The van der Waals surface area contributed by atoms with Crippen molar-refractivity contribution in [3.05, 3.63) is 134 Å². The molecule has 2 saturated heterocycles. The van der Waals surface area contributed by atoms with Crippen LogP contribution in [-0.2, 0) is 42.8 Å². The molecular weight excluding hydrogens is 889 g/mol. The minimum absolute atomic E-state index is 0.0477. The van der Waals surface area contributed by atoms with Crippen LogP contribution in [0.5, 0.6) is 0 Å². The van der Waals surface area contributed by atoms with Gasteiger partial charge in [0.15, 0.2) is 0 Å². The van der Waals surface area contributed by atoms with Crippen molar-refractivity contribution in [3.8, 4) is 16.9 Å². The number of primary amides is 1. The number of imide groups is 1. The largest absolute Gasteiger partial charge is 0.416 e. The van der Waals surface area contributed by atoms with E-state index in [0.29, 0.717) is 48.4 Å². The number of amides is 4. The Morgan fingerprint density at radius 3 is 2.29 bits per heavy atom. The smallest absolute Gasteiger partial charge is 0.366 e. The zero-order valence-corrected chi connectivity index (χ0v) is 37.0. The standard InChI is InChI=1S/C48H46F4N10O6/c1-57-42-29(4-3-5-37(42)62(46(57)67)38-12-13-40(63)56-45(38)66)17-20-59-18-14-27(15-19-59)16-21-60-39(28-6-9-33(10-7-28)61-26-54-58(2)47(61)68)23-30-22-31(48(50,51)52)24-35(41(30)60)44(65)55-32-8-11-36(49)34(25-32)43(53)64/h3-11,22-27,38H,12-21H2,1-2H3,(H2,53,64)(H,55,65)(H,56,63,66). The van der Waals surface area contributed by atoms with Crippen molar-refractivity contribution in [1.82, 2.24) is 38.3 Å². The number of aryl methyl sites for hydroxylation is 3. The molecule has 16 nitrogen and oxygen atoms in total. The van der Waals surface area contributed by atoms with Crippen LogP contribution in [0.15, 0.2) is 94.8 Å². The average molecular weight is 935 g/mol. The molecule has 4 aromatic carbocycles. The van der Waals surface area contributed by atoms with Crippen LogP contribution in [0.25, 0.3) is 38.9 Å². The van der Waals surface area contributed by atoms with Gasteiger partial charge in [0.05, 0.1) is 38.9 Å². The van der Waals surface area contributed by atoms with Crippen LogP contribution in [0.2, 0.25) is 0 Å². The van der Waals surface area contributed by atoms with Crippen molar-refractivity contribution in [3.63, 3.8) is 0 Å². The van der Waals surface area contributed by atoms with Crippen LogP contribution in [0, 0.1) is 11.7 Å². The number of rotatable bonds is 12. The number of nitrogens with one attached hydrogen (secondary N) is 2. The second-order valence-electron chi connectivity index (χ2n) is 17.4. The summed E-state index contributed by atoms with van der Waals surface area (Å²) in [6.07, 6.45) is -0.182. The Labute approximate surface area is 384 Å². The molecule has 2 aliphatic heterocycles. The van der Waals surface area contributed by atoms with Crippen molar-refractivity contribution in [1.29, 1.82) is 0 Å². The van der Waals surface area contributed by atoms with E-state index in [1.54, 1.807) is 41.9 Å². The first kappa shape index (κ1) is 45.5. The third-order valence-electron chi connectivity index (χ3n) is 13.2. The van der Waals surface area contributed by atoms with Gasteiger partial charge >= 0.3 is 17.6 Å². The molecule has 5 heterocycles. The molecule has 352 valence electrons. The third kappa shape index (κ3) is 8.62. The highest BCUT2D eigenvalue weighted by molar-refractivity contribution is 6.13. The summed E-state index contributed by atoms with van der Waals surface area (Å²) in [5.74, 6) is -3.58. The van der Waals surface area contributed by atoms with Crippen molar-refractivity contribution >= 4 is 51.3 Å². The zero-order chi connectivity index (χ0) is 48.2. The van der Waals surface area contributed by atoms with Crippen molar-refractivity contribution in [2.45, 2.75) is 57.3 Å². The summed E-state index contributed by atoms with van der Waals surface area (Å²) >= 11 is 0. The summed E-state index contributed by atoms with van der Waals surface area (Å²) in [4.78, 5) is 79.1. The number of benzene rings is 4. The monoisotopic (exact) mass is 934 g/mol. The summed E-state index contributed by atoms with van der Waals surface area (Å²) < 4.78 is 65.3. The highest BCUT2D eigenvalue weighted by Gasteiger charge is 2.34. The third-order valence-corrected chi connectivity index (χ3v) is 13.2. The molecule has 0 aliphatic carbocycles. The average Bonchev–Trinajstić information content (AvgIpc) is 3.94. The van der Waals surface area contributed by atoms with Gasteiger partial charge in [-0.15, -0.1) is 0 Å². The van der Waals surface area contributed by atoms with Crippen LogP contribution in [0.3, 0.4) is 0 Å². The number of nitrogens with two attached hydrogens (primary N) is 1. The van der Waals surface area contributed by atoms with Crippen LogP contribution in [0.4, 0.5) is 23.2 Å². The van der Waals surface area contributed by atoms with Gasteiger partial charge in [0.2, 0.25) is 11.8 Å². The number of para-hydroxylation sites is 1. The Bertz CT molecular complexity index is 3280. The number of hydrogen-bond acceptors (Lipinski definition) is 8. The van der Waals surface area contributed by atoms with Crippen LogP contribution < -0.4 is 27.7 Å². The number of anilines is 1. The van der Waals surface area contributed by atoms with Gasteiger partial charge in [0, 0.05) is 50.4 Å². The number of carbonyl (C=O) groups is 4. The molecule has 0 spiro atoms. The minimum Gasteiger partial charge on any atom is -0.366 e. The Balaban J connectivity index is 0.981. The Morgan fingerprint density at radius 2 is 1.62 bits per heavy atom. The van der Waals surface area contributed by atoms with Crippen molar-refractivity contribution < 1.29 is 36.7 Å². The fraction of sp³-hybridized carbons (Fsp3) is 0.312. The van der Waals surface area contributed by atoms with Gasteiger partial charge in [0.25, 0.3) is 11.8 Å². The number of carbonyl (C=O) groups excluding carboxylic acids is 4. The SMILES string of the molecule is Cn1ncn(-c2ccc(-c3cc4cc(C(F)(F)F)cc(C(=O)Nc5ccc(F)c(C(N)=O)c5)c4n3CCC3CCN(CCc4cccc5c4n(C)c(=O)n5C4CCC(=O)NC4=O)CC3)cc2)c1=O. The number of hydrogen-bond donors (Lipinski definition) is 3. The van der Waals surface area contributed by atoms with Crippen LogP contribution in [-0.4, -0.2) is 76.2 Å². The number of nitrogens with zero attached hydrogens (tertiary/aromatic N) is 7. The normalized spacial score (nSPS) is 16.2. The summed E-state index contributed by atoms with van der Waals surface area (Å²) in [5.41, 5.74) is 6.92. The summed E-state index contributed by atoms with van der Waals surface area (Å²) in [6.45, 7) is 2.55. The molecule has 68 heavy (non-hydrogen) atoms. The van der Waals surface area contributed by atoms with E-state index in [-0.39, 0.29) is 58.2 Å². The van der Waals surface area contributed by atoms with Gasteiger partial charge in [0.1, 0.15) is 18.2 Å². The fourth-order valence-corrected chi connectivity index (χ4v) is 9.61. The molecule has 1 unspecified atom stereocenters. The number of aromatic nitrogens is 6. The topological polar surface area (TPSA) is 193 Å². The summed E-state index contributed by atoms with van der Waals surface area (Å²) in [5, 5.41) is 9.05. The van der Waals surface area contributed by atoms with Crippen molar-refractivity contribution in [2.75, 3.05) is 25.0 Å². The summed E-state index contributed by atoms with van der Waals surface area (Å²) in [6, 6.07) is 18.3. The number of halogens is 4. The first-order chi connectivity index (χ1) is 32.5. The van der Waals surface area contributed by atoms with Gasteiger partial charge < -0.3 is 20.5 Å². The Hall–Kier alpha value is -7.61. The van der Waals surface area contributed by atoms with E-state index in [4.69, 9.17) is 5.73 Å². The molecule has 0 radical (unpaired) electrons. The first-order valence-electron chi connectivity index (χ1n) is 22.1. The van der Waals surface area contributed by atoms with Gasteiger partial charge in [-0.25, -0.2) is 23.2 Å². The molecule has 4 amide bonds. The lowest BCUT2D eigenvalue weighted by Gasteiger charge is -2.32. The number of imidazole rings is 1. The Kier molecular flexibility index (Phi) is 12.0. The lowest BCUT2D eigenvalue weighted by Crippen LogP contribution is -2.44. The van der Waals surface area contributed by atoms with Gasteiger partial charge in [-0.3, -0.25) is 33.6 Å². The molecule has 9 rings (SSSR count). The maximum Gasteiger partial charge on any atom is 0.416 e. The predicted molar refractivity (Wildman–Crippen MR) is 244 cm³/mol. The highest BCUT2D eigenvalue weighted by Crippen LogP contribution is 2.38. The molecule has 3 aromatic heterocycles. The minimum atomic E-state index is -4.82. The predicted octanol–water partition coefficient (Wildman–Crippen LogP) is 5.68. The van der Waals surface area contributed by atoms with Crippen LogP contribution in [0.1, 0.15) is 70.0 Å². The molecule has 1 atom stereocenters. The zero-order valence-electron chi connectivity index (χ0n) is 37.0. The van der Waals surface area contributed by atoms with Gasteiger partial charge in [-0.2, -0.15) is 18.3 Å². The van der Waals surface area contributed by atoms with E-state index >= 15 is 0 Å². The molecule has 0 saturated carbocycles. The number of fused-ring (bicyclic) bond motifs is 2. The van der Waals surface area contributed by atoms with E-state index in [1.165, 1.54) is 33.3 Å². The van der Waals surface area contributed by atoms with E-state index in [2.05, 4.69) is 20.6 Å². The molecule has 20 heteroatoms. The second-order valence-corrected chi connectivity index (χ2v) is 17.4. The number of piperidine rings is 2. The second kappa shape index (κ2) is 17.9. The maximum atomic E-state index is 14.5. The number of likely N-dealkylation sites (tertiary alicyclic amines) is 1. The number of alkyl halides is 3. The van der Waals surface area contributed by atoms with E-state index in [0.717, 1.165) is 61.3 Å². The van der Waals surface area contributed by atoms with E-state index in [1.807, 2.05) is 22.8 Å². The fourth-order valence-electron chi connectivity index (χ4n) is 9.61. The Morgan fingerprint density at radius 1 is 0.868 bits per heavy atom. The summed E-state index contributed by atoms with van der Waals surface area (Å²) in [7, 11) is 3.20. The molecular formula is C48H46F4N10O6. The van der Waals surface area contributed by atoms with E-state index in [9.17, 15) is 46.3 Å². The molecule has 4 N–H and O–H groups in total. The van der Waals surface area contributed by atoms with Gasteiger partial charge in [-0.1, -0.05) is 24.3 Å².